The minimum absolute atomic E-state index is 0.0209. The van der Waals surface area contributed by atoms with Crippen LogP contribution in [-0.2, 0) is 19.0 Å². The normalized spacial score (nSPS) is 29.9. The summed E-state index contributed by atoms with van der Waals surface area (Å²) in [4.78, 5) is 11.7. The lowest BCUT2D eigenvalue weighted by Gasteiger charge is -2.24. The Labute approximate surface area is 230 Å². The molecule has 0 aromatic heterocycles. The summed E-state index contributed by atoms with van der Waals surface area (Å²) in [5.74, 6) is -0.359. The number of aliphatic hydroxyl groups is 3. The molecule has 3 aliphatic rings. The fraction of sp³-hybridized carbons (Fsp3) is 0.903. The second kappa shape index (κ2) is 17.0. The van der Waals surface area contributed by atoms with Gasteiger partial charge in [0.15, 0.2) is 0 Å². The first-order valence-corrected chi connectivity index (χ1v) is 15.6. The van der Waals surface area contributed by atoms with Crippen molar-refractivity contribution in [2.75, 3.05) is 0 Å². The maximum absolute atomic E-state index is 11.7. The first kappa shape index (κ1) is 31.5. The third-order valence-corrected chi connectivity index (χ3v) is 8.54. The van der Waals surface area contributed by atoms with Crippen LogP contribution in [0.5, 0.6) is 0 Å². The number of ether oxygens (including phenoxy) is 3. The van der Waals surface area contributed by atoms with E-state index in [1.807, 2.05) is 0 Å². The lowest BCUT2D eigenvalue weighted by molar-refractivity contribution is -0.139. The molecule has 0 radical (unpaired) electrons. The van der Waals surface area contributed by atoms with Crippen molar-refractivity contribution in [2.45, 2.75) is 178 Å². The van der Waals surface area contributed by atoms with Crippen LogP contribution in [0.1, 0.15) is 129 Å². The summed E-state index contributed by atoms with van der Waals surface area (Å²) >= 11 is 0. The number of unbranched alkanes of at least 4 members (excludes halogenated alkanes) is 9. The molecule has 0 spiro atoms. The topological polar surface area (TPSA) is 105 Å². The van der Waals surface area contributed by atoms with Gasteiger partial charge in [-0.2, -0.15) is 0 Å². The fourth-order valence-corrected chi connectivity index (χ4v) is 6.20. The molecule has 38 heavy (non-hydrogen) atoms. The number of rotatable bonds is 19. The minimum Gasteiger partial charge on any atom is -0.455 e. The third kappa shape index (κ3) is 10.5. The number of esters is 1. The van der Waals surface area contributed by atoms with Crippen molar-refractivity contribution in [3.8, 4) is 0 Å². The van der Waals surface area contributed by atoms with Gasteiger partial charge in [-0.3, -0.25) is 0 Å². The Balaban J connectivity index is 1.24. The number of carbonyl (C=O) groups is 1. The lowest BCUT2D eigenvalue weighted by Crippen LogP contribution is -2.33. The van der Waals surface area contributed by atoms with Crippen LogP contribution in [0, 0.1) is 0 Å². The third-order valence-electron chi connectivity index (χ3n) is 8.54. The Morgan fingerprint density at radius 3 is 1.82 bits per heavy atom. The molecule has 220 valence electrons. The van der Waals surface area contributed by atoms with Gasteiger partial charge in [-0.1, -0.05) is 71.1 Å². The summed E-state index contributed by atoms with van der Waals surface area (Å²) in [5.41, 5.74) is 0.514. The molecule has 7 nitrogen and oxygen atoms in total. The van der Waals surface area contributed by atoms with E-state index in [9.17, 15) is 20.1 Å². The monoisotopic (exact) mass is 538 g/mol. The average molecular weight is 539 g/mol. The molecule has 7 heteroatoms. The number of aliphatic hydroxyl groups excluding tert-OH is 3. The zero-order chi connectivity index (χ0) is 27.3. The predicted octanol–water partition coefficient (Wildman–Crippen LogP) is 5.52. The summed E-state index contributed by atoms with van der Waals surface area (Å²) in [6, 6.07) is 0. The Kier molecular flexibility index (Phi) is 14.1. The number of hydrogen-bond acceptors (Lipinski definition) is 7. The molecule has 0 amide bonds. The van der Waals surface area contributed by atoms with Crippen LogP contribution in [0.2, 0.25) is 0 Å². The van der Waals surface area contributed by atoms with E-state index >= 15 is 0 Å². The fourth-order valence-electron chi connectivity index (χ4n) is 6.20. The highest BCUT2D eigenvalue weighted by Crippen LogP contribution is 2.34. The highest BCUT2D eigenvalue weighted by Gasteiger charge is 2.40. The smallest absolute Gasteiger partial charge is 0.334 e. The van der Waals surface area contributed by atoms with Gasteiger partial charge in [0.2, 0.25) is 0 Å². The van der Waals surface area contributed by atoms with Crippen molar-refractivity contribution < 1.29 is 34.3 Å². The molecule has 2 fully saturated rings. The minimum atomic E-state index is -0.693. The van der Waals surface area contributed by atoms with Gasteiger partial charge in [-0.25, -0.2) is 4.79 Å². The number of carbonyl (C=O) groups excluding carboxylic acids is 1. The number of cyclic esters (lactones) is 1. The molecule has 0 unspecified atom stereocenters. The van der Waals surface area contributed by atoms with Crippen molar-refractivity contribution in [1.29, 1.82) is 0 Å². The first-order valence-electron chi connectivity index (χ1n) is 15.6. The maximum atomic E-state index is 11.7. The van der Waals surface area contributed by atoms with E-state index in [1.165, 1.54) is 57.8 Å². The molecule has 0 saturated carbocycles. The molecular weight excluding hydrogens is 484 g/mol. The van der Waals surface area contributed by atoms with E-state index in [4.69, 9.17) is 14.2 Å². The predicted molar refractivity (Wildman–Crippen MR) is 148 cm³/mol. The molecule has 2 saturated heterocycles. The molecule has 0 aromatic carbocycles. The van der Waals surface area contributed by atoms with Gasteiger partial charge < -0.3 is 29.5 Å². The van der Waals surface area contributed by atoms with Gasteiger partial charge in [0.1, 0.15) is 6.10 Å². The molecule has 8 atom stereocenters. The standard InChI is InChI=1S/C31H54O7/c1-3-4-5-6-7-8-9-10-11-12-13-25(33)27-16-18-29(37-27)30-19-17-28(38-30)26(34)15-14-24(32)21-23-20-22(2)36-31(23)35/h20,22,24-30,32-34H,3-19,21H2,1-2H3/t22-,24+,25+,26+,27+,28+,29+,30+/m0/s1. The van der Waals surface area contributed by atoms with E-state index in [0.29, 0.717) is 18.4 Å². The van der Waals surface area contributed by atoms with E-state index in [1.54, 1.807) is 13.0 Å². The Morgan fingerprint density at radius 2 is 1.29 bits per heavy atom. The summed E-state index contributed by atoms with van der Waals surface area (Å²) in [7, 11) is 0. The Bertz CT molecular complexity index is 710. The average Bonchev–Trinajstić information content (AvgIpc) is 3.64. The first-order chi connectivity index (χ1) is 18.4. The van der Waals surface area contributed by atoms with Crippen molar-refractivity contribution >= 4 is 5.97 Å². The summed E-state index contributed by atoms with van der Waals surface area (Å²) in [6.45, 7) is 4.05. The van der Waals surface area contributed by atoms with E-state index < -0.39 is 18.3 Å². The van der Waals surface area contributed by atoms with Gasteiger partial charge >= 0.3 is 5.97 Å². The van der Waals surface area contributed by atoms with Gasteiger partial charge in [0, 0.05) is 12.0 Å². The van der Waals surface area contributed by atoms with Crippen LogP contribution in [0.15, 0.2) is 11.6 Å². The summed E-state index contributed by atoms with van der Waals surface area (Å²) in [5, 5.41) is 31.6. The summed E-state index contributed by atoms with van der Waals surface area (Å²) < 4.78 is 17.5. The Hall–Kier alpha value is -0.990. The van der Waals surface area contributed by atoms with Crippen LogP contribution in [0.3, 0.4) is 0 Å². The van der Waals surface area contributed by atoms with E-state index in [-0.39, 0.29) is 42.9 Å². The van der Waals surface area contributed by atoms with Crippen LogP contribution in [0.25, 0.3) is 0 Å². The van der Waals surface area contributed by atoms with Gasteiger partial charge in [-0.15, -0.1) is 0 Å². The lowest BCUT2D eigenvalue weighted by atomic mass is 9.99. The SMILES string of the molecule is CCCCCCCCCCCC[C@@H](O)[C@H]1CC[C@H]([C@H]2CC[C@H]([C@H](O)CC[C@@H](O)CC3=C[C@H](C)OC3=O)O2)O1. The molecule has 3 aliphatic heterocycles. The zero-order valence-corrected chi connectivity index (χ0v) is 23.9. The number of hydrogen-bond donors (Lipinski definition) is 3. The molecule has 0 aromatic rings. The quantitative estimate of drug-likeness (QED) is 0.147. The maximum Gasteiger partial charge on any atom is 0.334 e. The molecule has 3 heterocycles. The van der Waals surface area contributed by atoms with Gasteiger partial charge in [0.05, 0.1) is 42.7 Å². The molecule has 3 rings (SSSR count). The second-order valence-electron chi connectivity index (χ2n) is 11.9. The van der Waals surface area contributed by atoms with Crippen LogP contribution in [0.4, 0.5) is 0 Å². The zero-order valence-electron chi connectivity index (χ0n) is 23.9. The van der Waals surface area contributed by atoms with Crippen LogP contribution < -0.4 is 0 Å². The van der Waals surface area contributed by atoms with E-state index in [2.05, 4.69) is 6.92 Å². The van der Waals surface area contributed by atoms with Crippen molar-refractivity contribution in [3.05, 3.63) is 11.6 Å². The van der Waals surface area contributed by atoms with Crippen molar-refractivity contribution in [3.63, 3.8) is 0 Å². The summed E-state index contributed by atoms with van der Waals surface area (Å²) in [6.07, 6.45) is 17.5. The molecular formula is C31H54O7. The van der Waals surface area contributed by atoms with Crippen LogP contribution >= 0.6 is 0 Å². The van der Waals surface area contributed by atoms with Crippen molar-refractivity contribution in [1.82, 2.24) is 0 Å². The molecule has 0 aliphatic carbocycles. The highest BCUT2D eigenvalue weighted by atomic mass is 16.6. The van der Waals surface area contributed by atoms with Gasteiger partial charge in [-0.05, 0) is 57.9 Å². The Morgan fingerprint density at radius 1 is 0.763 bits per heavy atom. The second-order valence-corrected chi connectivity index (χ2v) is 11.9. The highest BCUT2D eigenvalue weighted by molar-refractivity contribution is 5.90. The molecule has 0 bridgehead atoms. The van der Waals surface area contributed by atoms with E-state index in [0.717, 1.165) is 38.5 Å². The van der Waals surface area contributed by atoms with Crippen LogP contribution in [-0.4, -0.2) is 70.1 Å². The largest absolute Gasteiger partial charge is 0.455 e. The van der Waals surface area contributed by atoms with Gasteiger partial charge in [0.25, 0.3) is 0 Å². The molecule has 3 N–H and O–H groups in total. The van der Waals surface area contributed by atoms with Crippen molar-refractivity contribution in [2.24, 2.45) is 0 Å².